The minimum atomic E-state index is -1.36. The van der Waals surface area contributed by atoms with E-state index in [-0.39, 0.29) is 17.2 Å². The minimum Gasteiger partial charge on any atom is -0.506 e. The highest BCUT2D eigenvalue weighted by Gasteiger charge is 2.63. The standard InChI is InChI=1S/C18H15NO5/c1-19-18-12(8-5-9-23-18)13-14(17(21)22-2)15(20)10-6-3-4-7-11(10)16(13)24-18/h1,3-4,6-7,12H,5,8-9H2,2H3/p+1/t12-,18-/m1/s1. The number of nitrogens with zero attached hydrogens (tertiary/aromatic N) is 1. The predicted molar refractivity (Wildman–Crippen MR) is 86.5 cm³/mol. The predicted octanol–water partition coefficient (Wildman–Crippen LogP) is 3.23. The Kier molecular flexibility index (Phi) is 3.15. The molecule has 4 rings (SSSR count). The van der Waals surface area contributed by atoms with Crippen LogP contribution >= 0.6 is 0 Å². The summed E-state index contributed by atoms with van der Waals surface area (Å²) >= 11 is 0. The average Bonchev–Trinajstić information content (AvgIpc) is 2.98. The molecule has 6 heteroatoms. The van der Waals surface area contributed by atoms with Gasteiger partial charge in [-0.25, -0.2) is 4.79 Å². The molecule has 2 aliphatic heterocycles. The van der Waals surface area contributed by atoms with Gasteiger partial charge in [-0.3, -0.25) is 4.74 Å². The number of fused-ring (bicyclic) bond motifs is 5. The summed E-state index contributed by atoms with van der Waals surface area (Å²) in [5.41, 5.74) is 0.638. The largest absolute Gasteiger partial charge is 0.550 e. The first-order valence-electron chi connectivity index (χ1n) is 7.74. The van der Waals surface area contributed by atoms with Crippen molar-refractivity contribution >= 4 is 16.7 Å². The summed E-state index contributed by atoms with van der Waals surface area (Å²) < 4.78 is 16.6. The number of aromatic hydroxyl groups is 1. The summed E-state index contributed by atoms with van der Waals surface area (Å²) in [6, 6.07) is 7.14. The lowest BCUT2D eigenvalue weighted by Crippen LogP contribution is -2.41. The third-order valence-electron chi connectivity index (χ3n) is 4.73. The van der Waals surface area contributed by atoms with Crippen molar-refractivity contribution in [1.29, 1.82) is 0 Å². The molecule has 1 fully saturated rings. The third kappa shape index (κ3) is 1.76. The van der Waals surface area contributed by atoms with Crippen LogP contribution in [0.5, 0.6) is 11.5 Å². The highest BCUT2D eigenvalue weighted by Crippen LogP contribution is 2.56. The van der Waals surface area contributed by atoms with E-state index in [9.17, 15) is 9.90 Å². The number of ether oxygens (including phenoxy) is 3. The van der Waals surface area contributed by atoms with Crippen molar-refractivity contribution < 1.29 is 24.1 Å². The number of hydrogen-bond acceptors (Lipinski definition) is 5. The number of benzene rings is 2. The van der Waals surface area contributed by atoms with Gasteiger partial charge in [-0.2, -0.15) is 0 Å². The first-order chi connectivity index (χ1) is 11.6. The molecule has 2 aromatic carbocycles. The maximum atomic E-state index is 12.4. The molecule has 2 heterocycles. The smallest absolute Gasteiger partial charge is 0.506 e. The van der Waals surface area contributed by atoms with E-state index in [4.69, 9.17) is 20.8 Å². The average molecular weight is 326 g/mol. The molecule has 2 aromatic rings. The molecule has 24 heavy (non-hydrogen) atoms. The second kappa shape index (κ2) is 5.11. The van der Waals surface area contributed by atoms with E-state index in [1.165, 1.54) is 7.11 Å². The Morgan fingerprint density at radius 3 is 2.88 bits per heavy atom. The van der Waals surface area contributed by atoms with Crippen LogP contribution in [0.15, 0.2) is 24.3 Å². The second-order valence-corrected chi connectivity index (χ2v) is 5.91. The Hall–Kier alpha value is -2.78. The molecule has 0 unspecified atom stereocenters. The molecular formula is C18H16NO5+. The normalized spacial score (nSPS) is 24.6. The lowest BCUT2D eigenvalue weighted by Gasteiger charge is -2.24. The van der Waals surface area contributed by atoms with Gasteiger partial charge in [-0.05, 0) is 12.8 Å². The lowest BCUT2D eigenvalue weighted by molar-refractivity contribution is -0.170. The summed E-state index contributed by atoms with van der Waals surface area (Å²) in [5.74, 6) is -2.03. The molecule has 2 atom stereocenters. The molecule has 0 aliphatic carbocycles. The highest BCUT2D eigenvalue weighted by molar-refractivity contribution is 6.06. The van der Waals surface area contributed by atoms with Crippen molar-refractivity contribution in [2.45, 2.75) is 24.7 Å². The van der Waals surface area contributed by atoms with Crippen LogP contribution in [-0.2, 0) is 9.47 Å². The van der Waals surface area contributed by atoms with Gasteiger partial charge in [-0.15, -0.1) is 0 Å². The van der Waals surface area contributed by atoms with Gasteiger partial charge in [0.1, 0.15) is 23.0 Å². The maximum Gasteiger partial charge on any atom is 0.550 e. The minimum absolute atomic E-state index is 0.0900. The summed E-state index contributed by atoms with van der Waals surface area (Å²) in [6.07, 6.45) is 1.45. The lowest BCUT2D eigenvalue weighted by atomic mass is 9.85. The molecule has 0 aromatic heterocycles. The van der Waals surface area contributed by atoms with Crippen LogP contribution in [0.2, 0.25) is 0 Å². The van der Waals surface area contributed by atoms with Gasteiger partial charge < -0.3 is 14.6 Å². The second-order valence-electron chi connectivity index (χ2n) is 5.91. The third-order valence-corrected chi connectivity index (χ3v) is 4.73. The fourth-order valence-corrected chi connectivity index (χ4v) is 3.68. The van der Waals surface area contributed by atoms with E-state index in [0.29, 0.717) is 35.1 Å². The molecule has 1 N–H and O–H groups in total. The first-order valence-corrected chi connectivity index (χ1v) is 7.74. The van der Waals surface area contributed by atoms with Crippen LogP contribution in [0.3, 0.4) is 0 Å². The number of phenols is 1. The maximum absolute atomic E-state index is 12.4. The number of hydrogen-bond donors (Lipinski definition) is 1. The molecule has 0 spiro atoms. The first kappa shape index (κ1) is 14.8. The molecular weight excluding hydrogens is 310 g/mol. The van der Waals surface area contributed by atoms with Gasteiger partial charge in [0.05, 0.1) is 13.7 Å². The van der Waals surface area contributed by atoms with Crippen molar-refractivity contribution in [2.75, 3.05) is 13.7 Å². The zero-order valence-corrected chi connectivity index (χ0v) is 13.1. The van der Waals surface area contributed by atoms with Gasteiger partial charge in [0.15, 0.2) is 0 Å². The Morgan fingerprint density at radius 1 is 1.42 bits per heavy atom. The van der Waals surface area contributed by atoms with Gasteiger partial charge in [0, 0.05) is 21.2 Å². The van der Waals surface area contributed by atoms with Crippen molar-refractivity contribution in [3.05, 3.63) is 40.2 Å². The molecule has 122 valence electrons. The van der Waals surface area contributed by atoms with Crippen LogP contribution < -0.4 is 4.74 Å². The number of carbonyl (C=O) groups excluding carboxylic acids is 1. The van der Waals surface area contributed by atoms with Crippen molar-refractivity contribution in [2.24, 2.45) is 0 Å². The molecule has 0 bridgehead atoms. The Labute approximate surface area is 138 Å². The number of esters is 1. The van der Waals surface area contributed by atoms with E-state index in [2.05, 4.69) is 4.85 Å². The zero-order chi connectivity index (χ0) is 16.9. The topological polar surface area (TPSA) is 69.4 Å². The van der Waals surface area contributed by atoms with E-state index in [1.807, 2.05) is 12.1 Å². The molecule has 2 aliphatic rings. The van der Waals surface area contributed by atoms with Crippen LogP contribution in [0.25, 0.3) is 15.6 Å². The van der Waals surface area contributed by atoms with E-state index in [0.717, 1.165) is 6.42 Å². The summed E-state index contributed by atoms with van der Waals surface area (Å²) in [4.78, 5) is 16.2. The van der Waals surface area contributed by atoms with Gasteiger partial charge >= 0.3 is 11.9 Å². The summed E-state index contributed by atoms with van der Waals surface area (Å²) in [7, 11) is 1.27. The number of methoxy groups -OCH3 is 1. The van der Waals surface area contributed by atoms with E-state index >= 15 is 0 Å². The van der Waals surface area contributed by atoms with E-state index in [1.54, 1.807) is 12.1 Å². The monoisotopic (exact) mass is 326 g/mol. The van der Waals surface area contributed by atoms with Crippen LogP contribution in [0, 0.1) is 6.57 Å². The Balaban J connectivity index is 2.10. The quantitative estimate of drug-likeness (QED) is 0.815. The summed E-state index contributed by atoms with van der Waals surface area (Å²) in [6.45, 7) is 6.06. The Bertz CT molecular complexity index is 900. The van der Waals surface area contributed by atoms with Crippen molar-refractivity contribution in [1.82, 2.24) is 0 Å². The van der Waals surface area contributed by atoms with Crippen LogP contribution in [0.4, 0.5) is 0 Å². The number of phenolic OH excluding ortho intramolecular Hbond substituents is 1. The fraction of sp³-hybridized carbons (Fsp3) is 0.333. The molecule has 0 radical (unpaired) electrons. The number of carbonyl (C=O) groups is 1. The summed E-state index contributed by atoms with van der Waals surface area (Å²) in [5, 5.41) is 11.9. The van der Waals surface area contributed by atoms with E-state index < -0.39 is 11.9 Å². The van der Waals surface area contributed by atoms with Crippen LogP contribution in [-0.4, -0.2) is 30.7 Å². The van der Waals surface area contributed by atoms with Gasteiger partial charge in [0.2, 0.25) is 0 Å². The van der Waals surface area contributed by atoms with Crippen molar-refractivity contribution in [3.8, 4) is 18.1 Å². The van der Waals surface area contributed by atoms with Crippen LogP contribution in [0.1, 0.15) is 34.7 Å². The molecule has 0 amide bonds. The Morgan fingerprint density at radius 2 is 2.17 bits per heavy atom. The molecule has 6 nitrogen and oxygen atoms in total. The zero-order valence-electron chi connectivity index (χ0n) is 13.1. The molecule has 0 saturated carbocycles. The van der Waals surface area contributed by atoms with Gasteiger partial charge in [-0.1, -0.05) is 24.3 Å². The van der Waals surface area contributed by atoms with Gasteiger partial charge in [0.25, 0.3) is 6.57 Å². The number of rotatable bonds is 1. The SMILES string of the molecule is C#[N+][C@@]12OCCC[C@@H]1c1c(C(=O)OC)c(O)c3ccccc3c1O2. The molecule has 1 saturated heterocycles. The fourth-order valence-electron chi connectivity index (χ4n) is 3.68. The van der Waals surface area contributed by atoms with Crippen molar-refractivity contribution in [3.63, 3.8) is 0 Å². The highest BCUT2D eigenvalue weighted by atomic mass is 16.7.